The van der Waals surface area contributed by atoms with E-state index >= 15 is 0 Å². The largest absolute Gasteiger partial charge is 0.312 e. The molecule has 0 saturated carbocycles. The van der Waals surface area contributed by atoms with E-state index in [1.54, 1.807) is 11.8 Å². The van der Waals surface area contributed by atoms with Crippen LogP contribution in [0.3, 0.4) is 0 Å². The Balaban J connectivity index is 1.72. The number of aromatic nitrogens is 1. The minimum atomic E-state index is -0.110. The second-order valence-electron chi connectivity index (χ2n) is 5.94. The molecule has 0 unspecified atom stereocenters. The van der Waals surface area contributed by atoms with Gasteiger partial charge in [-0.3, -0.25) is 4.79 Å². The van der Waals surface area contributed by atoms with Crippen molar-refractivity contribution in [2.45, 2.75) is 11.3 Å². The van der Waals surface area contributed by atoms with E-state index in [-0.39, 0.29) is 5.91 Å². The molecule has 4 rings (SSSR count). The molecule has 0 aliphatic carbocycles. The second kappa shape index (κ2) is 7.94. The van der Waals surface area contributed by atoms with E-state index in [1.807, 2.05) is 72.8 Å². The maximum Gasteiger partial charge on any atom is 0.256 e. The van der Waals surface area contributed by atoms with Gasteiger partial charge in [-0.1, -0.05) is 96.8 Å². The fourth-order valence-corrected chi connectivity index (χ4v) is 4.91. The number of carbonyl (C=O) groups is 1. The van der Waals surface area contributed by atoms with Gasteiger partial charge in [-0.25, -0.2) is 4.98 Å². The normalized spacial score (nSPS) is 10.9. The van der Waals surface area contributed by atoms with Gasteiger partial charge in [0.05, 0.1) is 0 Å². The molecule has 27 heavy (non-hydrogen) atoms. The van der Waals surface area contributed by atoms with Crippen molar-refractivity contribution in [2.75, 3.05) is 11.1 Å². The number of nitrogens with one attached hydrogen (secondary N) is 1. The average molecular weight is 391 g/mol. The predicted molar refractivity (Wildman–Crippen MR) is 116 cm³/mol. The van der Waals surface area contributed by atoms with Crippen molar-refractivity contribution in [1.29, 1.82) is 0 Å². The van der Waals surface area contributed by atoms with Crippen molar-refractivity contribution >= 4 is 44.8 Å². The first kappa shape index (κ1) is 17.8. The van der Waals surface area contributed by atoms with Crippen molar-refractivity contribution in [2.24, 2.45) is 0 Å². The standard InChI is InChI=1S/C22H18N2OS2/c1-2-26-22-23-19(16-10-4-3-5-11-16)21(27-22)24-20(25)18-14-8-12-15-9-6-7-13-17(15)18/h3-14H,2H2,1H3,(H,24,25). The number of carbonyl (C=O) groups excluding carboxylic acids is 1. The molecule has 1 aromatic heterocycles. The molecular weight excluding hydrogens is 372 g/mol. The lowest BCUT2D eigenvalue weighted by Crippen LogP contribution is -2.12. The summed E-state index contributed by atoms with van der Waals surface area (Å²) in [5, 5.41) is 5.89. The van der Waals surface area contributed by atoms with Gasteiger partial charge in [0, 0.05) is 11.1 Å². The first-order chi connectivity index (χ1) is 13.3. The summed E-state index contributed by atoms with van der Waals surface area (Å²) in [6, 6.07) is 23.7. The summed E-state index contributed by atoms with van der Waals surface area (Å²) < 4.78 is 0.963. The van der Waals surface area contributed by atoms with Crippen molar-refractivity contribution in [3.8, 4) is 11.3 Å². The molecular formula is C22H18N2OS2. The number of hydrogen-bond donors (Lipinski definition) is 1. The molecule has 0 radical (unpaired) electrons. The van der Waals surface area contributed by atoms with Crippen LogP contribution < -0.4 is 5.32 Å². The number of anilines is 1. The maximum absolute atomic E-state index is 13.0. The van der Waals surface area contributed by atoms with Crippen LogP contribution in [-0.2, 0) is 0 Å². The van der Waals surface area contributed by atoms with Gasteiger partial charge in [0.25, 0.3) is 5.91 Å². The fraction of sp³-hybridized carbons (Fsp3) is 0.0909. The lowest BCUT2D eigenvalue weighted by molar-refractivity contribution is 0.102. The van der Waals surface area contributed by atoms with Gasteiger partial charge < -0.3 is 5.32 Å². The number of amides is 1. The molecule has 0 aliphatic heterocycles. The molecule has 4 aromatic rings. The van der Waals surface area contributed by atoms with Crippen LogP contribution in [0.4, 0.5) is 5.00 Å². The van der Waals surface area contributed by atoms with E-state index < -0.39 is 0 Å². The Labute approximate surface area is 166 Å². The van der Waals surface area contributed by atoms with Gasteiger partial charge in [0.1, 0.15) is 10.7 Å². The third-order valence-corrected chi connectivity index (χ3v) is 6.18. The first-order valence-electron chi connectivity index (χ1n) is 8.74. The molecule has 1 amide bonds. The molecule has 0 bridgehead atoms. The average Bonchev–Trinajstić information content (AvgIpc) is 3.10. The zero-order chi connectivity index (χ0) is 18.6. The van der Waals surface area contributed by atoms with Crippen LogP contribution in [0.25, 0.3) is 22.0 Å². The number of hydrogen-bond acceptors (Lipinski definition) is 4. The Morgan fingerprint density at radius 2 is 1.74 bits per heavy atom. The Morgan fingerprint density at radius 1 is 1.00 bits per heavy atom. The van der Waals surface area contributed by atoms with Crippen LogP contribution in [0.5, 0.6) is 0 Å². The molecule has 1 heterocycles. The summed E-state index contributed by atoms with van der Waals surface area (Å²) in [6.07, 6.45) is 0. The molecule has 0 saturated heterocycles. The van der Waals surface area contributed by atoms with Crippen LogP contribution in [0.2, 0.25) is 0 Å². The monoisotopic (exact) mass is 390 g/mol. The predicted octanol–water partition coefficient (Wildman–Crippen LogP) is 6.33. The summed E-state index contributed by atoms with van der Waals surface area (Å²) in [4.78, 5) is 17.8. The number of nitrogens with zero attached hydrogens (tertiary/aromatic N) is 1. The topological polar surface area (TPSA) is 42.0 Å². The molecule has 3 nitrogen and oxygen atoms in total. The van der Waals surface area contributed by atoms with E-state index in [1.165, 1.54) is 11.3 Å². The summed E-state index contributed by atoms with van der Waals surface area (Å²) in [5.41, 5.74) is 2.50. The number of thioether (sulfide) groups is 1. The summed E-state index contributed by atoms with van der Waals surface area (Å²) >= 11 is 3.21. The quantitative estimate of drug-likeness (QED) is 0.405. The Hall–Kier alpha value is -2.63. The second-order valence-corrected chi connectivity index (χ2v) is 8.45. The van der Waals surface area contributed by atoms with E-state index in [2.05, 4.69) is 12.2 Å². The van der Waals surface area contributed by atoms with Crippen LogP contribution in [-0.4, -0.2) is 16.6 Å². The van der Waals surface area contributed by atoms with Gasteiger partial charge in [0.15, 0.2) is 4.34 Å². The van der Waals surface area contributed by atoms with Crippen molar-refractivity contribution in [1.82, 2.24) is 4.98 Å². The molecule has 0 fully saturated rings. The van der Waals surface area contributed by atoms with Gasteiger partial charge in [-0.2, -0.15) is 0 Å². The molecule has 134 valence electrons. The molecule has 0 atom stereocenters. The number of thiazole rings is 1. The van der Waals surface area contributed by atoms with Crippen LogP contribution >= 0.6 is 23.1 Å². The van der Waals surface area contributed by atoms with Crippen LogP contribution in [0, 0.1) is 0 Å². The van der Waals surface area contributed by atoms with Crippen molar-refractivity contribution in [3.63, 3.8) is 0 Å². The Morgan fingerprint density at radius 3 is 2.56 bits per heavy atom. The highest BCUT2D eigenvalue weighted by atomic mass is 32.2. The smallest absolute Gasteiger partial charge is 0.256 e. The summed E-state index contributed by atoms with van der Waals surface area (Å²) in [7, 11) is 0. The number of benzene rings is 3. The van der Waals surface area contributed by atoms with Crippen LogP contribution in [0.15, 0.2) is 77.1 Å². The zero-order valence-corrected chi connectivity index (χ0v) is 16.4. The van der Waals surface area contributed by atoms with Crippen LogP contribution in [0.1, 0.15) is 17.3 Å². The van der Waals surface area contributed by atoms with Gasteiger partial charge in [0.2, 0.25) is 0 Å². The summed E-state index contributed by atoms with van der Waals surface area (Å²) in [6.45, 7) is 2.10. The van der Waals surface area contributed by atoms with Gasteiger partial charge in [-0.05, 0) is 22.6 Å². The minimum absolute atomic E-state index is 0.110. The third-order valence-electron chi connectivity index (χ3n) is 4.18. The molecule has 1 N–H and O–H groups in total. The summed E-state index contributed by atoms with van der Waals surface area (Å²) in [5.74, 6) is 0.832. The van der Waals surface area contributed by atoms with E-state index in [0.29, 0.717) is 5.56 Å². The zero-order valence-electron chi connectivity index (χ0n) is 14.8. The van der Waals surface area contributed by atoms with E-state index in [4.69, 9.17) is 4.98 Å². The number of rotatable bonds is 5. The SMILES string of the molecule is CCSc1nc(-c2ccccc2)c(NC(=O)c2cccc3ccccc23)s1. The Bertz CT molecular complexity index is 1080. The van der Waals surface area contributed by atoms with E-state index in [0.717, 1.165) is 37.1 Å². The highest BCUT2D eigenvalue weighted by Crippen LogP contribution is 2.38. The minimum Gasteiger partial charge on any atom is -0.312 e. The molecule has 5 heteroatoms. The van der Waals surface area contributed by atoms with Gasteiger partial charge in [-0.15, -0.1) is 0 Å². The fourth-order valence-electron chi connectivity index (χ4n) is 2.96. The van der Waals surface area contributed by atoms with Crippen molar-refractivity contribution in [3.05, 3.63) is 78.4 Å². The lowest BCUT2D eigenvalue weighted by Gasteiger charge is -2.08. The highest BCUT2D eigenvalue weighted by molar-refractivity contribution is 8.01. The highest BCUT2D eigenvalue weighted by Gasteiger charge is 2.17. The number of fused-ring (bicyclic) bond motifs is 1. The molecule has 0 aliphatic rings. The third kappa shape index (κ3) is 3.75. The first-order valence-corrected chi connectivity index (χ1v) is 10.5. The lowest BCUT2D eigenvalue weighted by atomic mass is 10.0. The molecule has 3 aromatic carbocycles. The van der Waals surface area contributed by atoms with Crippen molar-refractivity contribution < 1.29 is 4.79 Å². The van der Waals surface area contributed by atoms with Gasteiger partial charge >= 0.3 is 0 Å². The maximum atomic E-state index is 13.0. The van der Waals surface area contributed by atoms with E-state index in [9.17, 15) is 4.79 Å². The molecule has 0 spiro atoms. The Kier molecular flexibility index (Phi) is 5.23.